The van der Waals surface area contributed by atoms with Gasteiger partial charge in [0.1, 0.15) is 0 Å². The highest BCUT2D eigenvalue weighted by molar-refractivity contribution is 5.87. The Bertz CT molecular complexity index is 820. The molecule has 0 saturated carbocycles. The Morgan fingerprint density at radius 3 is 2.50 bits per heavy atom. The number of hydrogen-bond donors (Lipinski definition) is 0. The molecular formula is C22H23NO3. The third-order valence-corrected chi connectivity index (χ3v) is 3.93. The van der Waals surface area contributed by atoms with E-state index in [0.717, 1.165) is 12.8 Å². The lowest BCUT2D eigenvalue weighted by molar-refractivity contribution is -0.392. The smallest absolute Gasteiger partial charge is 0.404 e. The van der Waals surface area contributed by atoms with E-state index in [1.165, 1.54) is 30.5 Å². The maximum Gasteiger partial charge on any atom is 0.404 e. The Labute approximate surface area is 154 Å². The summed E-state index contributed by atoms with van der Waals surface area (Å²) in [5.41, 5.74) is 3.19. The number of hydrogen-bond acceptors (Lipinski definition) is 3. The van der Waals surface area contributed by atoms with Crippen molar-refractivity contribution in [2.75, 3.05) is 7.11 Å². The molecule has 134 valence electrons. The molecule has 0 spiro atoms. The summed E-state index contributed by atoms with van der Waals surface area (Å²) in [4.78, 5) is 11.9. The quantitative estimate of drug-likeness (QED) is 0.143. The van der Waals surface area contributed by atoms with Gasteiger partial charge in [0.05, 0.1) is 7.11 Å². The molecule has 0 aromatic heterocycles. The van der Waals surface area contributed by atoms with Crippen LogP contribution in [0.5, 0.6) is 0 Å². The molecule has 0 aliphatic rings. The van der Waals surface area contributed by atoms with Gasteiger partial charge in [0.15, 0.2) is 6.21 Å². The minimum atomic E-state index is -0.671. The van der Waals surface area contributed by atoms with E-state index in [9.17, 15) is 10.0 Å². The molecule has 4 nitrogen and oxygen atoms in total. The van der Waals surface area contributed by atoms with Crippen LogP contribution in [0.4, 0.5) is 0 Å². The number of nitrogens with zero attached hydrogens (tertiary/aromatic N) is 1. The molecule has 0 radical (unpaired) electrons. The number of allylic oxidation sites excluding steroid dienone is 3. The van der Waals surface area contributed by atoms with Crippen LogP contribution in [0.2, 0.25) is 0 Å². The zero-order valence-electron chi connectivity index (χ0n) is 15.1. The van der Waals surface area contributed by atoms with Crippen LogP contribution in [0.15, 0.2) is 78.5 Å². The van der Waals surface area contributed by atoms with Crippen molar-refractivity contribution in [1.82, 2.24) is 0 Å². The van der Waals surface area contributed by atoms with E-state index in [-0.39, 0.29) is 5.70 Å². The normalized spacial score (nSPS) is 12.4. The minimum Gasteiger partial charge on any atom is -0.618 e. The lowest BCUT2D eigenvalue weighted by Crippen LogP contribution is -2.16. The first-order valence-electron chi connectivity index (χ1n) is 8.47. The zero-order valence-corrected chi connectivity index (χ0v) is 15.1. The molecular weight excluding hydrogens is 326 g/mol. The van der Waals surface area contributed by atoms with Gasteiger partial charge in [-0.05, 0) is 43.0 Å². The molecule has 2 aromatic carbocycles. The number of methoxy groups -OCH3 is 1. The highest BCUT2D eigenvalue weighted by atomic mass is 16.5. The first-order chi connectivity index (χ1) is 12.6. The first-order valence-corrected chi connectivity index (χ1v) is 8.47. The maximum atomic E-state index is 12.3. The van der Waals surface area contributed by atoms with E-state index in [1.807, 2.05) is 36.4 Å². The van der Waals surface area contributed by atoms with Crippen LogP contribution in [-0.4, -0.2) is 24.0 Å². The van der Waals surface area contributed by atoms with Crippen molar-refractivity contribution < 1.29 is 14.3 Å². The van der Waals surface area contributed by atoms with Gasteiger partial charge in [0, 0.05) is 11.6 Å². The second-order valence-corrected chi connectivity index (χ2v) is 5.80. The fourth-order valence-electron chi connectivity index (χ4n) is 2.46. The van der Waals surface area contributed by atoms with Crippen LogP contribution in [0.1, 0.15) is 23.1 Å². The van der Waals surface area contributed by atoms with E-state index < -0.39 is 5.97 Å². The second kappa shape index (κ2) is 9.99. The molecule has 0 fully saturated rings. The minimum absolute atomic E-state index is 0.0662. The Morgan fingerprint density at radius 2 is 1.81 bits per heavy atom. The predicted molar refractivity (Wildman–Crippen MR) is 104 cm³/mol. The van der Waals surface area contributed by atoms with Gasteiger partial charge in [0.25, 0.3) is 0 Å². The SMILES string of the molecule is COC(=O)C(=C/C=C/CCc1ccccc1C)/[N+]([O-])=C/c1ccccc1. The molecule has 0 amide bonds. The molecule has 26 heavy (non-hydrogen) atoms. The summed E-state index contributed by atoms with van der Waals surface area (Å²) in [6, 6.07) is 17.3. The van der Waals surface area contributed by atoms with Gasteiger partial charge >= 0.3 is 11.7 Å². The van der Waals surface area contributed by atoms with Gasteiger partial charge in [-0.2, -0.15) is 4.74 Å². The highest BCUT2D eigenvalue weighted by Gasteiger charge is 2.17. The molecule has 0 heterocycles. The fraction of sp³-hybridized carbons (Fsp3) is 0.182. The van der Waals surface area contributed by atoms with Crippen molar-refractivity contribution in [3.8, 4) is 0 Å². The lowest BCUT2D eigenvalue weighted by Gasteiger charge is -2.05. The molecule has 4 heteroatoms. The van der Waals surface area contributed by atoms with Crippen molar-refractivity contribution in [3.05, 3.63) is 100 Å². The van der Waals surface area contributed by atoms with Gasteiger partial charge in [-0.1, -0.05) is 54.6 Å². The number of aryl methyl sites for hydroxylation is 2. The maximum absolute atomic E-state index is 12.3. The monoisotopic (exact) mass is 349 g/mol. The topological polar surface area (TPSA) is 52.4 Å². The molecule has 0 aliphatic heterocycles. The van der Waals surface area contributed by atoms with Gasteiger partial charge in [0.2, 0.25) is 0 Å². The summed E-state index contributed by atoms with van der Waals surface area (Å²) in [7, 11) is 1.26. The lowest BCUT2D eigenvalue weighted by atomic mass is 10.0. The predicted octanol–water partition coefficient (Wildman–Crippen LogP) is 4.17. The average molecular weight is 349 g/mol. The molecule has 0 atom stereocenters. The number of hydroxylamine groups is 1. The van der Waals surface area contributed by atoms with E-state index >= 15 is 0 Å². The Kier molecular flexibility index (Phi) is 7.37. The van der Waals surface area contributed by atoms with Crippen LogP contribution in [0.25, 0.3) is 0 Å². The molecule has 0 saturated heterocycles. The van der Waals surface area contributed by atoms with Gasteiger partial charge in [-0.15, -0.1) is 0 Å². The number of rotatable bonds is 7. The van der Waals surface area contributed by atoms with E-state index in [1.54, 1.807) is 18.2 Å². The van der Waals surface area contributed by atoms with Gasteiger partial charge < -0.3 is 9.94 Å². The van der Waals surface area contributed by atoms with E-state index in [2.05, 4.69) is 19.1 Å². The average Bonchev–Trinajstić information content (AvgIpc) is 2.66. The first kappa shape index (κ1) is 19.2. The third-order valence-electron chi connectivity index (χ3n) is 3.93. The summed E-state index contributed by atoms with van der Waals surface area (Å²) in [6.45, 7) is 2.09. The van der Waals surface area contributed by atoms with E-state index in [4.69, 9.17) is 4.74 Å². The summed E-state index contributed by atoms with van der Waals surface area (Å²) >= 11 is 0. The van der Waals surface area contributed by atoms with Crippen LogP contribution < -0.4 is 0 Å². The summed E-state index contributed by atoms with van der Waals surface area (Å²) in [6.07, 6.45) is 8.21. The van der Waals surface area contributed by atoms with Crippen molar-refractivity contribution in [1.29, 1.82) is 0 Å². The van der Waals surface area contributed by atoms with Crippen molar-refractivity contribution in [2.24, 2.45) is 0 Å². The summed E-state index contributed by atoms with van der Waals surface area (Å²) in [5.74, 6) is -0.671. The summed E-state index contributed by atoms with van der Waals surface area (Å²) < 4.78 is 5.25. The Balaban J connectivity index is 2.07. The molecule has 0 unspecified atom stereocenters. The van der Waals surface area contributed by atoms with Gasteiger partial charge in [-0.25, -0.2) is 4.79 Å². The second-order valence-electron chi connectivity index (χ2n) is 5.80. The molecule has 2 aromatic rings. The number of carbonyl (C=O) groups is 1. The number of carbonyl (C=O) groups excluding carboxylic acids is 1. The Hall–Kier alpha value is -3.14. The molecule has 0 N–H and O–H groups in total. The highest BCUT2D eigenvalue weighted by Crippen LogP contribution is 2.10. The number of esters is 1. The molecule has 0 bridgehead atoms. The fourth-order valence-corrected chi connectivity index (χ4v) is 2.46. The number of benzene rings is 2. The van der Waals surface area contributed by atoms with Crippen molar-refractivity contribution >= 4 is 12.2 Å². The van der Waals surface area contributed by atoms with Crippen molar-refractivity contribution in [3.63, 3.8) is 0 Å². The number of ether oxygens (including phenoxy) is 1. The van der Waals surface area contributed by atoms with Crippen LogP contribution in [0.3, 0.4) is 0 Å². The van der Waals surface area contributed by atoms with Crippen LogP contribution in [0, 0.1) is 12.1 Å². The molecule has 2 rings (SSSR count). The van der Waals surface area contributed by atoms with Crippen molar-refractivity contribution in [2.45, 2.75) is 19.8 Å². The van der Waals surface area contributed by atoms with Crippen LogP contribution in [-0.2, 0) is 16.0 Å². The van der Waals surface area contributed by atoms with E-state index in [0.29, 0.717) is 10.3 Å². The van der Waals surface area contributed by atoms with Gasteiger partial charge in [-0.3, -0.25) is 0 Å². The third kappa shape index (κ3) is 5.74. The molecule has 0 aliphatic carbocycles. The summed E-state index contributed by atoms with van der Waals surface area (Å²) in [5, 5.41) is 12.3. The Morgan fingerprint density at radius 1 is 1.12 bits per heavy atom. The standard InChI is InChI=1S/C22H23NO3/c1-18-11-9-10-15-20(18)14-7-4-8-16-21(22(24)26-2)23(25)17-19-12-5-3-6-13-19/h3-6,8-13,15-17H,7,14H2,1-2H3/b8-4+,21-16-,23-17-. The van der Waals surface area contributed by atoms with Crippen LogP contribution >= 0.6 is 0 Å². The largest absolute Gasteiger partial charge is 0.618 e. The zero-order chi connectivity index (χ0) is 18.8.